The zero-order chi connectivity index (χ0) is 20.1. The van der Waals surface area contributed by atoms with Crippen molar-refractivity contribution in [3.05, 3.63) is 67.3 Å². The Bertz CT molecular complexity index is 1110. The first-order valence-corrected chi connectivity index (χ1v) is 9.81. The molecule has 4 rings (SSSR count). The molecule has 0 spiro atoms. The zero-order valence-electron chi connectivity index (χ0n) is 15.7. The van der Waals surface area contributed by atoms with E-state index in [9.17, 15) is 0 Å². The minimum Gasteiger partial charge on any atom is -0.497 e. The van der Waals surface area contributed by atoms with Crippen molar-refractivity contribution in [3.8, 4) is 28.5 Å². The number of ether oxygens (including phenoxy) is 1. The summed E-state index contributed by atoms with van der Waals surface area (Å²) in [6.07, 6.45) is 5.29. The first-order chi connectivity index (χ1) is 14.3. The molecule has 0 bridgehead atoms. The highest BCUT2D eigenvalue weighted by Crippen LogP contribution is 2.27. The van der Waals surface area contributed by atoms with Gasteiger partial charge >= 0.3 is 0 Å². The lowest BCUT2D eigenvalue weighted by atomic mass is 10.2. The van der Waals surface area contributed by atoms with Crippen LogP contribution in [0.25, 0.3) is 22.8 Å². The molecule has 0 amide bonds. The minimum absolute atomic E-state index is 0.472. The van der Waals surface area contributed by atoms with E-state index in [1.807, 2.05) is 41.0 Å². The number of allylic oxidation sites excluding steroid dienone is 1. The molecule has 0 fully saturated rings. The van der Waals surface area contributed by atoms with Crippen molar-refractivity contribution in [2.75, 3.05) is 7.11 Å². The SMILES string of the molecule is C=CCn1c(SCc2nc(-c3cccc(OC)c3)no2)nnc1-c1cccnc1. The Morgan fingerprint density at radius 2 is 2.10 bits per heavy atom. The van der Waals surface area contributed by atoms with E-state index >= 15 is 0 Å². The highest BCUT2D eigenvalue weighted by atomic mass is 32.2. The number of methoxy groups -OCH3 is 1. The molecule has 0 aliphatic heterocycles. The fourth-order valence-corrected chi connectivity index (χ4v) is 3.50. The van der Waals surface area contributed by atoms with E-state index in [2.05, 4.69) is 31.9 Å². The van der Waals surface area contributed by atoms with Crippen LogP contribution >= 0.6 is 11.8 Å². The van der Waals surface area contributed by atoms with Crippen LogP contribution in [0.1, 0.15) is 5.89 Å². The van der Waals surface area contributed by atoms with Crippen LogP contribution in [-0.4, -0.2) is 37.0 Å². The van der Waals surface area contributed by atoms with Crippen molar-refractivity contribution in [2.24, 2.45) is 0 Å². The van der Waals surface area contributed by atoms with Crippen LogP contribution in [0.15, 0.2) is 71.1 Å². The summed E-state index contributed by atoms with van der Waals surface area (Å²) in [6, 6.07) is 11.3. The Kier molecular flexibility index (Phi) is 5.66. The number of rotatable bonds is 8. The number of pyridine rings is 1. The maximum atomic E-state index is 5.40. The smallest absolute Gasteiger partial charge is 0.237 e. The average molecular weight is 406 g/mol. The van der Waals surface area contributed by atoms with E-state index < -0.39 is 0 Å². The van der Waals surface area contributed by atoms with E-state index in [-0.39, 0.29) is 0 Å². The molecule has 0 saturated heterocycles. The first kappa shape index (κ1) is 18.9. The Labute approximate surface area is 171 Å². The van der Waals surface area contributed by atoms with Crippen molar-refractivity contribution >= 4 is 11.8 Å². The van der Waals surface area contributed by atoms with Crippen molar-refractivity contribution in [1.82, 2.24) is 29.9 Å². The zero-order valence-corrected chi connectivity index (χ0v) is 16.5. The van der Waals surface area contributed by atoms with E-state index in [0.717, 1.165) is 27.9 Å². The van der Waals surface area contributed by atoms with Crippen LogP contribution in [0, 0.1) is 0 Å². The number of hydrogen-bond donors (Lipinski definition) is 0. The molecule has 3 heterocycles. The standard InChI is InChI=1S/C20H18N6O2S/c1-3-10-26-19(15-7-5-9-21-12-15)23-24-20(26)29-13-17-22-18(25-28-17)14-6-4-8-16(11-14)27-2/h3-9,11-12H,1,10,13H2,2H3. The highest BCUT2D eigenvalue weighted by Gasteiger charge is 2.16. The van der Waals surface area contributed by atoms with E-state index in [0.29, 0.717) is 24.0 Å². The maximum absolute atomic E-state index is 5.40. The molecule has 8 nitrogen and oxygen atoms in total. The van der Waals surface area contributed by atoms with Gasteiger partial charge in [0, 0.05) is 30.1 Å². The second-order valence-corrected chi connectivity index (χ2v) is 6.92. The molecule has 0 unspecified atom stereocenters. The largest absolute Gasteiger partial charge is 0.497 e. The average Bonchev–Trinajstić information content (AvgIpc) is 3.40. The number of aromatic nitrogens is 6. The van der Waals surface area contributed by atoms with Gasteiger partial charge in [-0.05, 0) is 24.3 Å². The first-order valence-electron chi connectivity index (χ1n) is 8.83. The van der Waals surface area contributed by atoms with E-state index in [1.54, 1.807) is 25.6 Å². The summed E-state index contributed by atoms with van der Waals surface area (Å²) in [6.45, 7) is 4.41. The van der Waals surface area contributed by atoms with Crippen molar-refractivity contribution in [2.45, 2.75) is 17.5 Å². The van der Waals surface area contributed by atoms with Gasteiger partial charge < -0.3 is 9.26 Å². The summed E-state index contributed by atoms with van der Waals surface area (Å²) in [5.41, 5.74) is 1.73. The Hall–Kier alpha value is -3.46. The number of nitrogens with zero attached hydrogens (tertiary/aromatic N) is 6. The lowest BCUT2D eigenvalue weighted by Crippen LogP contribution is -2.01. The Morgan fingerprint density at radius 1 is 1.21 bits per heavy atom. The fourth-order valence-electron chi connectivity index (χ4n) is 2.72. The molecule has 0 saturated carbocycles. The monoisotopic (exact) mass is 406 g/mol. The second-order valence-electron chi connectivity index (χ2n) is 5.98. The van der Waals surface area contributed by atoms with Crippen LogP contribution in [-0.2, 0) is 12.3 Å². The number of thioether (sulfide) groups is 1. The van der Waals surface area contributed by atoms with Crippen molar-refractivity contribution in [1.29, 1.82) is 0 Å². The van der Waals surface area contributed by atoms with Crippen LogP contribution in [0.3, 0.4) is 0 Å². The molecule has 146 valence electrons. The van der Waals surface area contributed by atoms with Gasteiger partial charge in [-0.25, -0.2) is 0 Å². The predicted molar refractivity (Wildman–Crippen MR) is 109 cm³/mol. The molecular formula is C20H18N6O2S. The van der Waals surface area contributed by atoms with E-state index in [4.69, 9.17) is 9.26 Å². The molecule has 9 heteroatoms. The third-order valence-corrected chi connectivity index (χ3v) is 5.02. The van der Waals surface area contributed by atoms with Gasteiger partial charge in [0.2, 0.25) is 11.7 Å². The molecule has 0 atom stereocenters. The van der Waals surface area contributed by atoms with Crippen LogP contribution < -0.4 is 4.74 Å². The molecule has 4 aromatic rings. The van der Waals surface area contributed by atoms with Gasteiger partial charge in [0.05, 0.1) is 12.9 Å². The van der Waals surface area contributed by atoms with Crippen molar-refractivity contribution < 1.29 is 9.26 Å². The lowest BCUT2D eigenvalue weighted by molar-refractivity contribution is 0.391. The predicted octanol–water partition coefficient (Wildman–Crippen LogP) is 3.88. The van der Waals surface area contributed by atoms with Crippen molar-refractivity contribution in [3.63, 3.8) is 0 Å². The fraction of sp³-hybridized carbons (Fsp3) is 0.150. The van der Waals surface area contributed by atoms with Gasteiger partial charge in [-0.3, -0.25) is 9.55 Å². The summed E-state index contributed by atoms with van der Waals surface area (Å²) >= 11 is 1.47. The molecule has 29 heavy (non-hydrogen) atoms. The summed E-state index contributed by atoms with van der Waals surface area (Å²) in [4.78, 5) is 8.62. The van der Waals surface area contributed by atoms with Crippen LogP contribution in [0.4, 0.5) is 0 Å². The molecule has 0 aliphatic rings. The topological polar surface area (TPSA) is 91.8 Å². The Morgan fingerprint density at radius 3 is 2.90 bits per heavy atom. The normalized spacial score (nSPS) is 10.8. The molecule has 0 aliphatic carbocycles. The minimum atomic E-state index is 0.472. The quantitative estimate of drug-likeness (QED) is 0.322. The molecule has 3 aromatic heterocycles. The van der Waals surface area contributed by atoms with Gasteiger partial charge in [-0.15, -0.1) is 16.8 Å². The van der Waals surface area contributed by atoms with Gasteiger partial charge in [-0.1, -0.05) is 35.1 Å². The van der Waals surface area contributed by atoms with Gasteiger partial charge in [-0.2, -0.15) is 4.98 Å². The Balaban J connectivity index is 1.52. The summed E-state index contributed by atoms with van der Waals surface area (Å²) < 4.78 is 12.6. The highest BCUT2D eigenvalue weighted by molar-refractivity contribution is 7.98. The van der Waals surface area contributed by atoms with Gasteiger partial charge in [0.1, 0.15) is 5.75 Å². The summed E-state index contributed by atoms with van der Waals surface area (Å²) in [7, 11) is 1.62. The van der Waals surface area contributed by atoms with Gasteiger partial charge in [0.25, 0.3) is 0 Å². The maximum Gasteiger partial charge on any atom is 0.237 e. The molecular weight excluding hydrogens is 388 g/mol. The summed E-state index contributed by atoms with van der Waals surface area (Å²) in [5, 5.41) is 13.4. The van der Waals surface area contributed by atoms with Crippen LogP contribution in [0.2, 0.25) is 0 Å². The van der Waals surface area contributed by atoms with Crippen LogP contribution in [0.5, 0.6) is 5.75 Å². The number of benzene rings is 1. The third-order valence-electron chi connectivity index (χ3n) is 4.07. The number of hydrogen-bond acceptors (Lipinski definition) is 8. The van der Waals surface area contributed by atoms with E-state index in [1.165, 1.54) is 11.8 Å². The van der Waals surface area contributed by atoms with Gasteiger partial charge in [0.15, 0.2) is 11.0 Å². The molecule has 0 radical (unpaired) electrons. The summed E-state index contributed by atoms with van der Waals surface area (Å²) in [5.74, 6) is 2.97. The second kappa shape index (κ2) is 8.70. The lowest BCUT2D eigenvalue weighted by Gasteiger charge is -2.06. The molecule has 0 N–H and O–H groups in total. The molecule has 1 aromatic carbocycles. The third kappa shape index (κ3) is 4.19.